The van der Waals surface area contributed by atoms with Gasteiger partial charge in [0.2, 0.25) is 0 Å². The molecule has 0 unspecified atom stereocenters. The molecule has 5 rings (SSSR count). The zero-order valence-electron chi connectivity index (χ0n) is 15.0. The SMILES string of the molecule is O=C(CC1CC1)c1ccc2c(n1)N(C(=O)Nc1ccccn1)[C@H]1CCN2C1. The number of pyridine rings is 2. The second-order valence-electron chi connectivity index (χ2n) is 7.51. The molecule has 0 aromatic carbocycles. The lowest BCUT2D eigenvalue weighted by Gasteiger charge is -2.35. The van der Waals surface area contributed by atoms with E-state index in [1.54, 1.807) is 29.3 Å². The molecule has 7 heteroatoms. The predicted molar refractivity (Wildman–Crippen MR) is 102 cm³/mol. The van der Waals surface area contributed by atoms with Crippen LogP contribution in [0.15, 0.2) is 36.5 Å². The number of anilines is 3. The van der Waals surface area contributed by atoms with E-state index in [9.17, 15) is 9.59 Å². The van der Waals surface area contributed by atoms with Crippen LogP contribution in [0.2, 0.25) is 0 Å². The van der Waals surface area contributed by atoms with Crippen molar-refractivity contribution in [1.82, 2.24) is 9.97 Å². The van der Waals surface area contributed by atoms with Crippen LogP contribution in [-0.4, -0.2) is 40.9 Å². The van der Waals surface area contributed by atoms with Crippen LogP contribution in [0.4, 0.5) is 22.1 Å². The van der Waals surface area contributed by atoms with E-state index in [1.807, 2.05) is 12.1 Å². The van der Waals surface area contributed by atoms with Gasteiger partial charge >= 0.3 is 6.03 Å². The van der Waals surface area contributed by atoms with Crippen LogP contribution in [0.3, 0.4) is 0 Å². The molecule has 27 heavy (non-hydrogen) atoms. The third kappa shape index (κ3) is 3.03. The fourth-order valence-electron chi connectivity index (χ4n) is 3.92. The summed E-state index contributed by atoms with van der Waals surface area (Å²) < 4.78 is 0. The molecule has 2 aromatic rings. The van der Waals surface area contributed by atoms with Gasteiger partial charge in [0.25, 0.3) is 0 Å². The quantitative estimate of drug-likeness (QED) is 0.845. The summed E-state index contributed by atoms with van der Waals surface area (Å²) in [5.74, 6) is 1.67. The summed E-state index contributed by atoms with van der Waals surface area (Å²) in [5, 5.41) is 2.86. The van der Waals surface area contributed by atoms with Gasteiger partial charge in [0.15, 0.2) is 11.6 Å². The van der Waals surface area contributed by atoms with Crippen molar-refractivity contribution >= 4 is 29.1 Å². The molecule has 2 aliphatic heterocycles. The van der Waals surface area contributed by atoms with Crippen molar-refractivity contribution in [3.8, 4) is 0 Å². The smallest absolute Gasteiger partial charge is 0.329 e. The van der Waals surface area contributed by atoms with Gasteiger partial charge in [-0.05, 0) is 49.4 Å². The Morgan fingerprint density at radius 3 is 2.81 bits per heavy atom. The number of ketones is 1. The Hall–Kier alpha value is -2.96. The fourth-order valence-corrected chi connectivity index (χ4v) is 3.92. The third-order valence-electron chi connectivity index (χ3n) is 5.53. The predicted octanol–water partition coefficient (Wildman–Crippen LogP) is 3.09. The van der Waals surface area contributed by atoms with Crippen LogP contribution in [0.25, 0.3) is 0 Å². The average Bonchev–Trinajstić information content (AvgIpc) is 3.40. The number of nitrogens with zero attached hydrogens (tertiary/aromatic N) is 4. The van der Waals surface area contributed by atoms with Gasteiger partial charge in [0.05, 0.1) is 11.7 Å². The molecule has 2 bridgehead atoms. The Balaban J connectivity index is 1.47. The molecule has 0 radical (unpaired) electrons. The lowest BCUT2D eigenvalue weighted by atomic mass is 10.1. The molecule has 1 N–H and O–H groups in total. The van der Waals surface area contributed by atoms with Crippen molar-refractivity contribution in [2.75, 3.05) is 28.2 Å². The highest BCUT2D eigenvalue weighted by molar-refractivity contribution is 6.05. The van der Waals surface area contributed by atoms with Gasteiger partial charge in [-0.15, -0.1) is 0 Å². The average molecular weight is 363 g/mol. The molecule has 4 heterocycles. The Morgan fingerprint density at radius 1 is 1.15 bits per heavy atom. The Labute approximate surface area is 157 Å². The minimum absolute atomic E-state index is 0.0579. The Kier molecular flexibility index (Phi) is 3.81. The number of hydrogen-bond donors (Lipinski definition) is 1. The van der Waals surface area contributed by atoms with Crippen LogP contribution in [0.5, 0.6) is 0 Å². The van der Waals surface area contributed by atoms with Crippen molar-refractivity contribution in [1.29, 1.82) is 0 Å². The van der Waals surface area contributed by atoms with E-state index in [4.69, 9.17) is 0 Å². The highest BCUT2D eigenvalue weighted by Gasteiger charge is 2.40. The van der Waals surface area contributed by atoms with E-state index in [2.05, 4.69) is 20.2 Å². The number of aromatic nitrogens is 2. The van der Waals surface area contributed by atoms with Crippen molar-refractivity contribution in [2.24, 2.45) is 5.92 Å². The first-order valence-electron chi connectivity index (χ1n) is 9.49. The lowest BCUT2D eigenvalue weighted by Crippen LogP contribution is -2.48. The molecule has 1 aliphatic carbocycles. The minimum atomic E-state index is -0.249. The summed E-state index contributed by atoms with van der Waals surface area (Å²) in [7, 11) is 0. The summed E-state index contributed by atoms with van der Waals surface area (Å²) >= 11 is 0. The largest absolute Gasteiger partial charge is 0.366 e. The molecule has 7 nitrogen and oxygen atoms in total. The number of carbonyl (C=O) groups is 2. The molecule has 138 valence electrons. The Bertz CT molecular complexity index is 897. The van der Waals surface area contributed by atoms with Gasteiger partial charge < -0.3 is 4.90 Å². The van der Waals surface area contributed by atoms with Gasteiger partial charge in [-0.3, -0.25) is 15.0 Å². The summed E-state index contributed by atoms with van der Waals surface area (Å²) in [6.45, 7) is 1.68. The normalized spacial score (nSPS) is 20.4. The molecule has 1 saturated carbocycles. The number of hydrogen-bond acceptors (Lipinski definition) is 5. The second-order valence-corrected chi connectivity index (χ2v) is 7.51. The standard InChI is InChI=1S/C20H21N5O2/c26-17(11-13-4-5-13)15-6-7-16-19(22-15)25(14-8-10-24(16)12-14)20(27)23-18-3-1-2-9-21-18/h1-3,6-7,9,13-14H,4-5,8,10-12H2,(H,21,23,27)/t14-/m0/s1. The summed E-state index contributed by atoms with van der Waals surface area (Å²) in [6, 6.07) is 8.94. The minimum Gasteiger partial charge on any atom is -0.366 e. The first-order valence-corrected chi connectivity index (χ1v) is 9.49. The van der Waals surface area contributed by atoms with Crippen molar-refractivity contribution in [3.05, 3.63) is 42.2 Å². The number of carbonyl (C=O) groups excluding carboxylic acids is 2. The first-order chi connectivity index (χ1) is 13.2. The maximum Gasteiger partial charge on any atom is 0.329 e. The van der Waals surface area contributed by atoms with Gasteiger partial charge in [-0.1, -0.05) is 6.07 Å². The van der Waals surface area contributed by atoms with Crippen molar-refractivity contribution in [3.63, 3.8) is 0 Å². The molecule has 2 amide bonds. The maximum atomic E-state index is 13.0. The topological polar surface area (TPSA) is 78.4 Å². The van der Waals surface area contributed by atoms with E-state index >= 15 is 0 Å². The van der Waals surface area contributed by atoms with Crippen molar-refractivity contribution < 1.29 is 9.59 Å². The Morgan fingerprint density at radius 2 is 2.04 bits per heavy atom. The molecule has 1 atom stereocenters. The third-order valence-corrected chi connectivity index (χ3v) is 5.53. The van der Waals surface area contributed by atoms with Crippen LogP contribution in [-0.2, 0) is 0 Å². The van der Waals surface area contributed by atoms with E-state index in [0.29, 0.717) is 29.7 Å². The van der Waals surface area contributed by atoms with Crippen LogP contribution >= 0.6 is 0 Å². The lowest BCUT2D eigenvalue weighted by molar-refractivity contribution is 0.0971. The maximum absolute atomic E-state index is 13.0. The van der Waals surface area contributed by atoms with Gasteiger partial charge in [-0.2, -0.15) is 0 Å². The number of nitrogens with one attached hydrogen (secondary N) is 1. The van der Waals surface area contributed by atoms with Crippen molar-refractivity contribution in [2.45, 2.75) is 31.7 Å². The fraction of sp³-hybridized carbons (Fsp3) is 0.400. The highest BCUT2D eigenvalue weighted by atomic mass is 16.2. The summed E-state index contributed by atoms with van der Waals surface area (Å²) in [6.07, 6.45) is 5.34. The number of rotatable bonds is 4. The molecular weight excluding hydrogens is 342 g/mol. The van der Waals surface area contributed by atoms with Crippen LogP contribution < -0.4 is 15.1 Å². The van der Waals surface area contributed by atoms with Crippen LogP contribution in [0.1, 0.15) is 36.2 Å². The summed E-state index contributed by atoms with van der Waals surface area (Å²) in [5.41, 5.74) is 1.38. The van der Waals surface area contributed by atoms with Crippen LogP contribution in [0, 0.1) is 5.92 Å². The van der Waals surface area contributed by atoms with Gasteiger partial charge in [0, 0.05) is 25.7 Å². The molecule has 0 spiro atoms. The molecule has 2 aromatic heterocycles. The zero-order valence-corrected chi connectivity index (χ0v) is 15.0. The van der Waals surface area contributed by atoms with E-state index in [0.717, 1.165) is 38.0 Å². The number of Topliss-reactive ketones (excluding diaryl/α,β-unsaturated/α-hetero) is 1. The van der Waals surface area contributed by atoms with E-state index in [1.165, 1.54) is 0 Å². The van der Waals surface area contributed by atoms with Gasteiger partial charge in [-0.25, -0.2) is 14.8 Å². The molecule has 3 aliphatic rings. The number of urea groups is 1. The molecular formula is C20H21N5O2. The zero-order chi connectivity index (χ0) is 18.4. The molecule has 2 fully saturated rings. The first kappa shape index (κ1) is 16.2. The monoisotopic (exact) mass is 363 g/mol. The summed E-state index contributed by atoms with van der Waals surface area (Å²) in [4.78, 5) is 38.3. The highest BCUT2D eigenvalue weighted by Crippen LogP contribution is 2.40. The van der Waals surface area contributed by atoms with Gasteiger partial charge in [0.1, 0.15) is 11.5 Å². The number of amides is 2. The second kappa shape index (κ2) is 6.33. The van der Waals surface area contributed by atoms with E-state index < -0.39 is 0 Å². The molecule has 1 saturated heterocycles. The van der Waals surface area contributed by atoms with E-state index in [-0.39, 0.29) is 17.9 Å². The number of fused-ring (bicyclic) bond motifs is 4.